The summed E-state index contributed by atoms with van der Waals surface area (Å²) in [5.41, 5.74) is 22.1. The highest BCUT2D eigenvalue weighted by atomic mass is 16.4. The molecule has 1 aliphatic heterocycles. The average Bonchev–Trinajstić information content (AvgIpc) is 3.33. The number of likely N-dealkylation sites (tertiary alicyclic amines) is 1. The quantitative estimate of drug-likeness (QED) is 0.0729. The number of aliphatic carboxylic acids is 1. The molecular weight excluding hydrogens is 468 g/mol. The predicted molar refractivity (Wildman–Crippen MR) is 136 cm³/mol. The molecule has 0 aromatic rings. The van der Waals surface area contributed by atoms with Crippen molar-refractivity contribution < 1.29 is 24.3 Å². The zero-order valence-corrected chi connectivity index (χ0v) is 21.4. The molecule has 0 aromatic heterocycles. The summed E-state index contributed by atoms with van der Waals surface area (Å²) >= 11 is 0. The van der Waals surface area contributed by atoms with Crippen LogP contribution in [0.2, 0.25) is 0 Å². The van der Waals surface area contributed by atoms with Gasteiger partial charge < -0.3 is 43.6 Å². The molecule has 36 heavy (non-hydrogen) atoms. The van der Waals surface area contributed by atoms with Crippen LogP contribution < -0.4 is 33.6 Å². The zero-order chi connectivity index (χ0) is 27.3. The van der Waals surface area contributed by atoms with E-state index in [1.165, 1.54) is 4.90 Å². The van der Waals surface area contributed by atoms with Crippen LogP contribution in [0.1, 0.15) is 65.2 Å². The Hall–Kier alpha value is -2.93. The van der Waals surface area contributed by atoms with Crippen LogP contribution in [0, 0.1) is 5.92 Å². The Kier molecular flexibility index (Phi) is 13.8. The average molecular weight is 513 g/mol. The Balaban J connectivity index is 2.84. The normalized spacial score (nSPS) is 18.6. The number of hydrogen-bond acceptors (Lipinski definition) is 7. The summed E-state index contributed by atoms with van der Waals surface area (Å²) in [5, 5.41) is 14.8. The Morgan fingerprint density at radius 1 is 1.11 bits per heavy atom. The van der Waals surface area contributed by atoms with E-state index >= 15 is 0 Å². The van der Waals surface area contributed by atoms with Crippen LogP contribution in [0.5, 0.6) is 0 Å². The van der Waals surface area contributed by atoms with E-state index in [1.54, 1.807) is 6.92 Å². The molecule has 1 aliphatic rings. The number of unbranched alkanes of at least 4 members (excludes halogenated alkanes) is 1. The van der Waals surface area contributed by atoms with E-state index in [0.29, 0.717) is 64.6 Å². The second-order valence-electron chi connectivity index (χ2n) is 9.30. The monoisotopic (exact) mass is 512 g/mol. The smallest absolute Gasteiger partial charge is 0.326 e. The van der Waals surface area contributed by atoms with Crippen LogP contribution in [0.15, 0.2) is 4.99 Å². The number of nitrogens with one attached hydrogen (secondary N) is 2. The van der Waals surface area contributed by atoms with Crippen molar-refractivity contribution in [2.75, 3.05) is 19.6 Å². The number of nitrogens with two attached hydrogens (primary N) is 4. The van der Waals surface area contributed by atoms with Gasteiger partial charge in [0.25, 0.3) is 0 Å². The first-order valence-electron chi connectivity index (χ1n) is 12.7. The Bertz CT molecular complexity index is 774. The van der Waals surface area contributed by atoms with E-state index in [-0.39, 0.29) is 24.2 Å². The second kappa shape index (κ2) is 15.9. The van der Waals surface area contributed by atoms with Crippen LogP contribution >= 0.6 is 0 Å². The first-order chi connectivity index (χ1) is 17.0. The number of carbonyl (C=O) groups is 4. The topological polar surface area (TPSA) is 232 Å². The minimum absolute atomic E-state index is 0.0312. The van der Waals surface area contributed by atoms with E-state index in [9.17, 15) is 24.3 Å². The van der Waals surface area contributed by atoms with Gasteiger partial charge in [-0.05, 0) is 57.4 Å². The summed E-state index contributed by atoms with van der Waals surface area (Å²) in [6.07, 6.45) is 3.98. The fourth-order valence-corrected chi connectivity index (χ4v) is 4.12. The lowest BCUT2D eigenvalue weighted by molar-refractivity contribution is -0.143. The summed E-state index contributed by atoms with van der Waals surface area (Å²) in [7, 11) is 0. The number of amides is 3. The Morgan fingerprint density at radius 2 is 1.81 bits per heavy atom. The molecule has 0 aromatic carbocycles. The number of aliphatic imine (C=N–C) groups is 1. The number of rotatable bonds is 16. The van der Waals surface area contributed by atoms with Gasteiger partial charge in [0, 0.05) is 13.1 Å². The van der Waals surface area contributed by atoms with Gasteiger partial charge in [-0.25, -0.2) is 4.79 Å². The number of carboxylic acid groups (broad SMARTS) is 1. The standard InChI is InChI=1S/C23H44N8O5/c1-3-14(2)18(20(33)29-16(22(35)36)9-4-5-11-24)30-19(32)17-10-7-13-31(17)21(34)15(25)8-6-12-28-23(26)27/h14-18H,3-13,24-25H2,1-2H3,(H,29,33)(H,30,32)(H,35,36)(H4,26,27,28). The van der Waals surface area contributed by atoms with Crippen molar-refractivity contribution in [1.29, 1.82) is 0 Å². The number of guanidine groups is 1. The van der Waals surface area contributed by atoms with E-state index < -0.39 is 42.0 Å². The van der Waals surface area contributed by atoms with E-state index in [2.05, 4.69) is 15.6 Å². The zero-order valence-electron chi connectivity index (χ0n) is 21.4. The first kappa shape index (κ1) is 31.1. The van der Waals surface area contributed by atoms with E-state index in [1.807, 2.05) is 6.92 Å². The van der Waals surface area contributed by atoms with Crippen molar-refractivity contribution in [3.63, 3.8) is 0 Å². The maximum atomic E-state index is 13.2. The lowest BCUT2D eigenvalue weighted by Gasteiger charge is -2.30. The maximum absolute atomic E-state index is 13.2. The van der Waals surface area contributed by atoms with E-state index in [0.717, 1.165) is 0 Å². The summed E-state index contributed by atoms with van der Waals surface area (Å²) in [6.45, 7) is 4.85. The molecule has 5 unspecified atom stereocenters. The molecule has 1 saturated heterocycles. The van der Waals surface area contributed by atoms with Crippen molar-refractivity contribution in [3.8, 4) is 0 Å². The maximum Gasteiger partial charge on any atom is 0.326 e. The Morgan fingerprint density at radius 3 is 2.39 bits per heavy atom. The largest absolute Gasteiger partial charge is 0.480 e. The number of carboxylic acids is 1. The SMILES string of the molecule is CCC(C)C(NC(=O)C1CCCN1C(=O)C(N)CCCN=C(N)N)C(=O)NC(CCCCN)C(=O)O. The highest BCUT2D eigenvalue weighted by Crippen LogP contribution is 2.20. The molecular formula is C23H44N8O5. The van der Waals surface area contributed by atoms with Crippen LogP contribution in [-0.4, -0.2) is 83.5 Å². The molecule has 0 spiro atoms. The molecule has 0 aliphatic carbocycles. The first-order valence-corrected chi connectivity index (χ1v) is 12.7. The molecule has 11 N–H and O–H groups in total. The van der Waals surface area contributed by atoms with E-state index in [4.69, 9.17) is 22.9 Å². The van der Waals surface area contributed by atoms with Crippen molar-refractivity contribution in [2.24, 2.45) is 33.8 Å². The van der Waals surface area contributed by atoms with Gasteiger partial charge >= 0.3 is 5.97 Å². The van der Waals surface area contributed by atoms with Crippen LogP contribution in [0.3, 0.4) is 0 Å². The van der Waals surface area contributed by atoms with Gasteiger partial charge in [0.1, 0.15) is 18.1 Å². The number of carbonyl (C=O) groups excluding carboxylic acids is 3. The summed E-state index contributed by atoms with van der Waals surface area (Å²) < 4.78 is 0. The van der Waals surface area contributed by atoms with Crippen molar-refractivity contribution in [2.45, 2.75) is 89.4 Å². The van der Waals surface area contributed by atoms with Gasteiger partial charge in [-0.1, -0.05) is 20.3 Å². The minimum Gasteiger partial charge on any atom is -0.480 e. The van der Waals surface area contributed by atoms with Crippen molar-refractivity contribution in [1.82, 2.24) is 15.5 Å². The summed E-state index contributed by atoms with van der Waals surface area (Å²) in [6, 6.07) is -3.56. The molecule has 1 rings (SSSR count). The molecule has 0 bridgehead atoms. The molecule has 3 amide bonds. The van der Waals surface area contributed by atoms with Gasteiger partial charge in [-0.2, -0.15) is 0 Å². The second-order valence-corrected chi connectivity index (χ2v) is 9.30. The van der Waals surface area contributed by atoms with Crippen molar-refractivity contribution in [3.05, 3.63) is 0 Å². The highest BCUT2D eigenvalue weighted by molar-refractivity contribution is 5.94. The van der Waals surface area contributed by atoms with Gasteiger partial charge in [-0.3, -0.25) is 19.4 Å². The molecule has 0 radical (unpaired) electrons. The third-order valence-corrected chi connectivity index (χ3v) is 6.48. The number of hydrogen-bond donors (Lipinski definition) is 7. The molecule has 1 fully saturated rings. The molecule has 13 nitrogen and oxygen atoms in total. The number of nitrogens with zero attached hydrogens (tertiary/aromatic N) is 2. The predicted octanol–water partition coefficient (Wildman–Crippen LogP) is -1.41. The third kappa shape index (κ3) is 9.97. The van der Waals surface area contributed by atoms with Gasteiger partial charge in [0.05, 0.1) is 6.04 Å². The highest BCUT2D eigenvalue weighted by Gasteiger charge is 2.38. The van der Waals surface area contributed by atoms with Gasteiger partial charge in [0.15, 0.2) is 5.96 Å². The molecule has 206 valence electrons. The lowest BCUT2D eigenvalue weighted by Crippen LogP contribution is -2.58. The molecule has 0 saturated carbocycles. The fourth-order valence-electron chi connectivity index (χ4n) is 4.12. The van der Waals surface area contributed by atoms with Crippen LogP contribution in [-0.2, 0) is 19.2 Å². The van der Waals surface area contributed by atoms with Crippen molar-refractivity contribution >= 4 is 29.7 Å². The molecule has 1 heterocycles. The van der Waals surface area contributed by atoms with Gasteiger partial charge in [0.2, 0.25) is 17.7 Å². The molecule has 13 heteroatoms. The van der Waals surface area contributed by atoms with Crippen LogP contribution in [0.25, 0.3) is 0 Å². The van der Waals surface area contributed by atoms with Gasteiger partial charge in [-0.15, -0.1) is 0 Å². The lowest BCUT2D eigenvalue weighted by atomic mass is 9.97. The third-order valence-electron chi connectivity index (χ3n) is 6.48. The summed E-state index contributed by atoms with van der Waals surface area (Å²) in [5.74, 6) is -2.79. The fraction of sp³-hybridized carbons (Fsp3) is 0.783. The Labute approximate surface area is 212 Å². The molecule has 5 atom stereocenters. The minimum atomic E-state index is -1.14. The summed E-state index contributed by atoms with van der Waals surface area (Å²) in [4.78, 5) is 56.1. The van der Waals surface area contributed by atoms with Crippen LogP contribution in [0.4, 0.5) is 0 Å².